The van der Waals surface area contributed by atoms with E-state index in [-0.39, 0.29) is 5.82 Å². The van der Waals surface area contributed by atoms with Gasteiger partial charge in [0, 0.05) is 9.85 Å². The lowest BCUT2D eigenvalue weighted by Crippen LogP contribution is -2.17. The summed E-state index contributed by atoms with van der Waals surface area (Å²) in [5.74, 6) is 0.450. The van der Waals surface area contributed by atoms with Crippen molar-refractivity contribution in [1.82, 2.24) is 0 Å². The highest BCUT2D eigenvalue weighted by molar-refractivity contribution is 9.10. The summed E-state index contributed by atoms with van der Waals surface area (Å²) in [4.78, 5) is 0. The fourth-order valence-corrected chi connectivity index (χ4v) is 3.24. The molecule has 2 rings (SSSR count). The fraction of sp³-hybridized carbons (Fsp3) is 0.538. The quantitative estimate of drug-likeness (QED) is 0.680. The van der Waals surface area contributed by atoms with Crippen molar-refractivity contribution in [2.75, 3.05) is 0 Å². The van der Waals surface area contributed by atoms with Crippen molar-refractivity contribution in [1.29, 1.82) is 0 Å². The van der Waals surface area contributed by atoms with Gasteiger partial charge in [0.25, 0.3) is 0 Å². The molecule has 1 aliphatic carbocycles. The molecule has 1 aliphatic rings. The van der Waals surface area contributed by atoms with Crippen molar-refractivity contribution in [3.63, 3.8) is 0 Å². The van der Waals surface area contributed by atoms with E-state index in [1.807, 2.05) is 0 Å². The summed E-state index contributed by atoms with van der Waals surface area (Å²) >= 11 is 9.64. The Kier molecular flexibility index (Phi) is 4.26. The standard InChI is InChI=1S/C13H15BrClF/c14-13-5-4-12(16)8-10(13)6-9-2-1-3-11(15)7-9/h4-5,8-9,11H,1-3,6-7H2. The lowest BCUT2D eigenvalue weighted by Gasteiger charge is -2.25. The molecule has 3 heteroatoms. The summed E-state index contributed by atoms with van der Waals surface area (Å²) in [6, 6.07) is 4.90. The summed E-state index contributed by atoms with van der Waals surface area (Å²) < 4.78 is 14.1. The van der Waals surface area contributed by atoms with Crippen molar-refractivity contribution in [2.24, 2.45) is 5.92 Å². The van der Waals surface area contributed by atoms with Crippen LogP contribution in [0.4, 0.5) is 4.39 Å². The van der Waals surface area contributed by atoms with E-state index in [1.54, 1.807) is 12.1 Å². The van der Waals surface area contributed by atoms with Gasteiger partial charge in [0.2, 0.25) is 0 Å². The lowest BCUT2D eigenvalue weighted by molar-refractivity contribution is 0.361. The Labute approximate surface area is 109 Å². The number of hydrogen-bond acceptors (Lipinski definition) is 0. The van der Waals surface area contributed by atoms with Gasteiger partial charge in [-0.2, -0.15) is 0 Å². The van der Waals surface area contributed by atoms with Crippen LogP contribution in [0.3, 0.4) is 0 Å². The van der Waals surface area contributed by atoms with Gasteiger partial charge in [-0.15, -0.1) is 11.6 Å². The van der Waals surface area contributed by atoms with Gasteiger partial charge in [-0.05, 0) is 48.9 Å². The first-order valence-corrected chi connectivity index (χ1v) is 6.96. The molecule has 88 valence electrons. The number of hydrogen-bond donors (Lipinski definition) is 0. The molecule has 0 aliphatic heterocycles. The van der Waals surface area contributed by atoms with Gasteiger partial charge >= 0.3 is 0 Å². The minimum atomic E-state index is -0.156. The van der Waals surface area contributed by atoms with Gasteiger partial charge in [-0.3, -0.25) is 0 Å². The summed E-state index contributed by atoms with van der Waals surface area (Å²) in [7, 11) is 0. The molecule has 2 unspecified atom stereocenters. The minimum absolute atomic E-state index is 0.156. The van der Waals surface area contributed by atoms with Crippen molar-refractivity contribution in [3.8, 4) is 0 Å². The van der Waals surface area contributed by atoms with Gasteiger partial charge in [0.1, 0.15) is 5.82 Å². The van der Waals surface area contributed by atoms with Gasteiger partial charge in [-0.25, -0.2) is 4.39 Å². The first-order valence-electron chi connectivity index (χ1n) is 5.73. The molecular formula is C13H15BrClF. The van der Waals surface area contributed by atoms with Gasteiger partial charge in [0.05, 0.1) is 0 Å². The molecule has 0 N–H and O–H groups in total. The zero-order valence-corrected chi connectivity index (χ0v) is 11.4. The highest BCUT2D eigenvalue weighted by Crippen LogP contribution is 2.32. The average molecular weight is 306 g/mol. The SMILES string of the molecule is Fc1ccc(Br)c(CC2CCCC(Cl)C2)c1. The Bertz CT molecular complexity index is 367. The van der Waals surface area contributed by atoms with Crippen LogP contribution in [0.15, 0.2) is 22.7 Å². The molecule has 1 fully saturated rings. The summed E-state index contributed by atoms with van der Waals surface area (Å²) in [5, 5.41) is 0.311. The maximum atomic E-state index is 13.1. The van der Waals surface area contributed by atoms with Crippen LogP contribution in [0.2, 0.25) is 0 Å². The number of alkyl halides is 1. The monoisotopic (exact) mass is 304 g/mol. The zero-order chi connectivity index (χ0) is 11.5. The Hall–Kier alpha value is -0.0800. The average Bonchev–Trinajstić information content (AvgIpc) is 2.24. The van der Waals surface area contributed by atoms with Crippen LogP contribution in [0.5, 0.6) is 0 Å². The number of halogens is 3. The molecule has 1 saturated carbocycles. The van der Waals surface area contributed by atoms with E-state index in [4.69, 9.17) is 11.6 Å². The predicted molar refractivity (Wildman–Crippen MR) is 69.4 cm³/mol. The van der Waals surface area contributed by atoms with Crippen molar-refractivity contribution >= 4 is 27.5 Å². The highest BCUT2D eigenvalue weighted by atomic mass is 79.9. The third-order valence-electron chi connectivity index (χ3n) is 3.24. The predicted octanol–water partition coefficient (Wildman–Crippen LogP) is 4.93. The maximum Gasteiger partial charge on any atom is 0.123 e. The third-order valence-corrected chi connectivity index (χ3v) is 4.41. The number of rotatable bonds is 2. The summed E-state index contributed by atoms with van der Waals surface area (Å²) in [6.45, 7) is 0. The maximum absolute atomic E-state index is 13.1. The first-order chi connectivity index (χ1) is 7.65. The third kappa shape index (κ3) is 3.21. The topological polar surface area (TPSA) is 0 Å². The van der Waals surface area contributed by atoms with E-state index < -0.39 is 0 Å². The molecule has 16 heavy (non-hydrogen) atoms. The second-order valence-corrected chi connectivity index (χ2v) is 6.04. The van der Waals surface area contributed by atoms with E-state index in [1.165, 1.54) is 18.9 Å². The summed E-state index contributed by atoms with van der Waals surface area (Å²) in [5.41, 5.74) is 1.07. The van der Waals surface area contributed by atoms with E-state index in [0.29, 0.717) is 11.3 Å². The van der Waals surface area contributed by atoms with Gasteiger partial charge in [0.15, 0.2) is 0 Å². The lowest BCUT2D eigenvalue weighted by atomic mass is 9.84. The first kappa shape index (κ1) is 12.4. The highest BCUT2D eigenvalue weighted by Gasteiger charge is 2.21. The molecular weight excluding hydrogens is 290 g/mol. The molecule has 0 heterocycles. The van der Waals surface area contributed by atoms with Crippen LogP contribution in [0.25, 0.3) is 0 Å². The number of benzene rings is 1. The van der Waals surface area contributed by atoms with E-state index >= 15 is 0 Å². The van der Waals surface area contributed by atoms with Crippen LogP contribution >= 0.6 is 27.5 Å². The fourth-order valence-electron chi connectivity index (χ4n) is 2.42. The molecule has 0 saturated heterocycles. The van der Waals surface area contributed by atoms with Crippen LogP contribution in [-0.2, 0) is 6.42 Å². The molecule has 0 amide bonds. The van der Waals surface area contributed by atoms with E-state index in [2.05, 4.69) is 15.9 Å². The molecule has 2 atom stereocenters. The Morgan fingerprint density at radius 2 is 2.19 bits per heavy atom. The Balaban J connectivity index is 2.05. The molecule has 0 radical (unpaired) electrons. The van der Waals surface area contributed by atoms with Crippen molar-refractivity contribution in [3.05, 3.63) is 34.1 Å². The van der Waals surface area contributed by atoms with E-state index in [9.17, 15) is 4.39 Å². The zero-order valence-electron chi connectivity index (χ0n) is 9.06. The Morgan fingerprint density at radius 3 is 2.94 bits per heavy atom. The normalized spacial score (nSPS) is 25.7. The van der Waals surface area contributed by atoms with Crippen LogP contribution in [-0.4, -0.2) is 5.38 Å². The van der Waals surface area contributed by atoms with E-state index in [0.717, 1.165) is 29.3 Å². The van der Waals surface area contributed by atoms with Crippen molar-refractivity contribution < 1.29 is 4.39 Å². The van der Waals surface area contributed by atoms with Crippen molar-refractivity contribution in [2.45, 2.75) is 37.5 Å². The molecule has 0 bridgehead atoms. The largest absolute Gasteiger partial charge is 0.207 e. The molecule has 0 spiro atoms. The smallest absolute Gasteiger partial charge is 0.123 e. The molecule has 0 aromatic heterocycles. The van der Waals surface area contributed by atoms with Crippen LogP contribution in [0.1, 0.15) is 31.2 Å². The van der Waals surface area contributed by atoms with Gasteiger partial charge < -0.3 is 0 Å². The molecule has 1 aromatic rings. The second-order valence-electron chi connectivity index (χ2n) is 4.57. The molecule has 0 nitrogen and oxygen atoms in total. The summed E-state index contributed by atoms with van der Waals surface area (Å²) in [6.07, 6.45) is 5.53. The Morgan fingerprint density at radius 1 is 1.38 bits per heavy atom. The van der Waals surface area contributed by atoms with Gasteiger partial charge in [-0.1, -0.05) is 28.8 Å². The molecule has 1 aromatic carbocycles. The van der Waals surface area contributed by atoms with Crippen LogP contribution < -0.4 is 0 Å². The second kappa shape index (κ2) is 5.50. The minimum Gasteiger partial charge on any atom is -0.207 e. The van der Waals surface area contributed by atoms with Crippen LogP contribution in [0, 0.1) is 11.7 Å².